The van der Waals surface area contributed by atoms with Crippen molar-refractivity contribution in [3.05, 3.63) is 26.6 Å². The molecule has 8 heteroatoms. The van der Waals surface area contributed by atoms with Crippen LogP contribution in [-0.2, 0) is 11.2 Å². The molecule has 2 aromatic heterocycles. The lowest BCUT2D eigenvalue weighted by molar-refractivity contribution is -0.121. The van der Waals surface area contributed by atoms with Crippen LogP contribution in [0.15, 0.2) is 4.79 Å². The van der Waals surface area contributed by atoms with E-state index in [-0.39, 0.29) is 11.5 Å². The summed E-state index contributed by atoms with van der Waals surface area (Å²) in [5, 5.41) is 6.97. The normalized spacial score (nSPS) is 15.5. The molecule has 0 unspecified atom stereocenters. The number of carbonyl (C=O) groups is 1. The molecule has 7 nitrogen and oxygen atoms in total. The summed E-state index contributed by atoms with van der Waals surface area (Å²) in [7, 11) is 0. The second-order valence-electron chi connectivity index (χ2n) is 6.77. The maximum Gasteiger partial charge on any atom is 0.259 e. The third kappa shape index (κ3) is 4.69. The average Bonchev–Trinajstić information content (AvgIpc) is 2.92. The van der Waals surface area contributed by atoms with Gasteiger partial charge in [-0.05, 0) is 32.4 Å². The summed E-state index contributed by atoms with van der Waals surface area (Å²) in [6, 6.07) is 0. The van der Waals surface area contributed by atoms with Gasteiger partial charge in [-0.2, -0.15) is 0 Å². The van der Waals surface area contributed by atoms with E-state index in [1.165, 1.54) is 11.3 Å². The molecule has 0 aliphatic carbocycles. The minimum absolute atomic E-state index is 0.00611. The SMILES string of the molecule is Cc1sc2nc(CCC(=O)NCCCN3CCNCC3)[nH]c(=O)c2c1C. The van der Waals surface area contributed by atoms with Gasteiger partial charge in [0.2, 0.25) is 5.91 Å². The number of fused-ring (bicyclic) bond motifs is 1. The van der Waals surface area contributed by atoms with Crippen LogP contribution in [0.3, 0.4) is 0 Å². The van der Waals surface area contributed by atoms with Crippen LogP contribution in [-0.4, -0.2) is 60.0 Å². The first-order valence-electron chi connectivity index (χ1n) is 9.23. The molecular weight excluding hydrogens is 350 g/mol. The number of aryl methyl sites for hydroxylation is 3. The summed E-state index contributed by atoms with van der Waals surface area (Å²) >= 11 is 1.53. The molecule has 1 saturated heterocycles. The molecule has 0 bridgehead atoms. The number of carbonyl (C=O) groups excluding carboxylic acids is 1. The summed E-state index contributed by atoms with van der Waals surface area (Å²) in [6.45, 7) is 9.90. The Balaban J connectivity index is 1.44. The van der Waals surface area contributed by atoms with Crippen molar-refractivity contribution in [3.8, 4) is 0 Å². The first-order valence-corrected chi connectivity index (χ1v) is 10.0. The van der Waals surface area contributed by atoms with Crippen LogP contribution in [0.25, 0.3) is 10.2 Å². The molecule has 1 amide bonds. The number of thiophene rings is 1. The van der Waals surface area contributed by atoms with Crippen molar-refractivity contribution in [3.63, 3.8) is 0 Å². The fourth-order valence-corrected chi connectivity index (χ4v) is 4.25. The molecule has 1 aliphatic rings. The third-order valence-corrected chi connectivity index (χ3v) is 5.96. The lowest BCUT2D eigenvalue weighted by Crippen LogP contribution is -2.44. The van der Waals surface area contributed by atoms with Gasteiger partial charge in [-0.25, -0.2) is 4.98 Å². The van der Waals surface area contributed by atoms with Gasteiger partial charge in [0.1, 0.15) is 10.7 Å². The zero-order valence-electron chi connectivity index (χ0n) is 15.5. The Hall–Kier alpha value is -1.77. The number of hydrogen-bond acceptors (Lipinski definition) is 6. The molecular formula is C18H27N5O2S. The van der Waals surface area contributed by atoms with Gasteiger partial charge in [-0.1, -0.05) is 0 Å². The van der Waals surface area contributed by atoms with E-state index in [0.29, 0.717) is 30.6 Å². The molecule has 3 N–H and O–H groups in total. The summed E-state index contributed by atoms with van der Waals surface area (Å²) in [5.74, 6) is 0.589. The van der Waals surface area contributed by atoms with Crippen molar-refractivity contribution < 1.29 is 4.79 Å². The summed E-state index contributed by atoms with van der Waals surface area (Å²) in [5.41, 5.74) is 0.885. The third-order valence-electron chi connectivity index (χ3n) is 4.86. The van der Waals surface area contributed by atoms with E-state index >= 15 is 0 Å². The highest BCUT2D eigenvalue weighted by Gasteiger charge is 2.13. The van der Waals surface area contributed by atoms with E-state index in [0.717, 1.165) is 54.4 Å². The van der Waals surface area contributed by atoms with E-state index in [1.807, 2.05) is 13.8 Å². The fourth-order valence-electron chi connectivity index (χ4n) is 3.20. The van der Waals surface area contributed by atoms with E-state index < -0.39 is 0 Å². The molecule has 1 aliphatic heterocycles. The summed E-state index contributed by atoms with van der Waals surface area (Å²) in [4.78, 5) is 35.9. The molecule has 3 rings (SSSR count). The van der Waals surface area contributed by atoms with Crippen LogP contribution in [0.4, 0.5) is 0 Å². The number of aromatic nitrogens is 2. The van der Waals surface area contributed by atoms with Crippen LogP contribution in [0, 0.1) is 13.8 Å². The van der Waals surface area contributed by atoms with Gasteiger partial charge in [0.25, 0.3) is 5.56 Å². The minimum atomic E-state index is -0.108. The molecule has 3 heterocycles. The molecule has 2 aromatic rings. The zero-order chi connectivity index (χ0) is 18.5. The fraction of sp³-hybridized carbons (Fsp3) is 0.611. The van der Waals surface area contributed by atoms with E-state index in [9.17, 15) is 9.59 Å². The second-order valence-corrected chi connectivity index (χ2v) is 7.97. The number of H-pyrrole nitrogens is 1. The largest absolute Gasteiger partial charge is 0.356 e. The van der Waals surface area contributed by atoms with Crippen LogP contribution in [0.2, 0.25) is 0 Å². The summed E-state index contributed by atoms with van der Waals surface area (Å²) < 4.78 is 0. The predicted octanol–water partition coefficient (Wildman–Crippen LogP) is 0.946. The van der Waals surface area contributed by atoms with Crippen molar-refractivity contribution >= 4 is 27.5 Å². The highest BCUT2D eigenvalue weighted by Crippen LogP contribution is 2.25. The average molecular weight is 378 g/mol. The molecule has 0 atom stereocenters. The summed E-state index contributed by atoms with van der Waals surface area (Å²) in [6.07, 6.45) is 1.75. The maximum atomic E-state index is 12.2. The molecule has 0 radical (unpaired) electrons. The number of amides is 1. The van der Waals surface area contributed by atoms with Crippen LogP contribution >= 0.6 is 11.3 Å². The number of rotatable bonds is 7. The van der Waals surface area contributed by atoms with Crippen LogP contribution < -0.4 is 16.2 Å². The van der Waals surface area contributed by atoms with E-state index in [2.05, 4.69) is 25.5 Å². The van der Waals surface area contributed by atoms with Crippen molar-refractivity contribution in [2.24, 2.45) is 0 Å². The van der Waals surface area contributed by atoms with Gasteiger partial charge in [0, 0.05) is 50.4 Å². The van der Waals surface area contributed by atoms with Crippen molar-refractivity contribution in [2.75, 3.05) is 39.3 Å². The van der Waals surface area contributed by atoms with Gasteiger partial charge >= 0.3 is 0 Å². The predicted molar refractivity (Wildman–Crippen MR) is 105 cm³/mol. The molecule has 26 heavy (non-hydrogen) atoms. The standard InChI is InChI=1S/C18H27N5O2S/c1-12-13(2)26-18-16(12)17(25)21-14(22-18)4-5-15(24)20-6-3-9-23-10-7-19-8-11-23/h19H,3-11H2,1-2H3,(H,20,24)(H,21,22,25). The molecule has 0 saturated carbocycles. The molecule has 0 spiro atoms. The Morgan fingerprint density at radius 1 is 1.31 bits per heavy atom. The smallest absolute Gasteiger partial charge is 0.259 e. The Bertz CT molecular complexity index is 823. The van der Waals surface area contributed by atoms with Gasteiger partial charge in [-0.3, -0.25) is 9.59 Å². The van der Waals surface area contributed by atoms with Crippen molar-refractivity contribution in [1.29, 1.82) is 0 Å². The highest BCUT2D eigenvalue weighted by atomic mass is 32.1. The minimum Gasteiger partial charge on any atom is -0.356 e. The van der Waals surface area contributed by atoms with Gasteiger partial charge in [-0.15, -0.1) is 11.3 Å². The Labute approximate surface area is 157 Å². The molecule has 0 aromatic carbocycles. The lowest BCUT2D eigenvalue weighted by atomic mass is 10.2. The molecule has 142 valence electrons. The maximum absolute atomic E-state index is 12.2. The van der Waals surface area contributed by atoms with Crippen LogP contribution in [0.1, 0.15) is 29.1 Å². The first-order chi connectivity index (χ1) is 12.5. The van der Waals surface area contributed by atoms with Gasteiger partial charge in [0.05, 0.1) is 5.39 Å². The quantitative estimate of drug-likeness (QED) is 0.625. The Morgan fingerprint density at radius 3 is 2.85 bits per heavy atom. The second kappa shape index (κ2) is 8.75. The van der Waals surface area contributed by atoms with Crippen molar-refractivity contribution in [1.82, 2.24) is 25.5 Å². The lowest BCUT2D eigenvalue weighted by Gasteiger charge is -2.27. The first kappa shape index (κ1) is 19.0. The van der Waals surface area contributed by atoms with Gasteiger partial charge < -0.3 is 20.5 Å². The van der Waals surface area contributed by atoms with E-state index in [4.69, 9.17) is 0 Å². The van der Waals surface area contributed by atoms with Gasteiger partial charge in [0.15, 0.2) is 0 Å². The van der Waals surface area contributed by atoms with E-state index in [1.54, 1.807) is 0 Å². The Morgan fingerprint density at radius 2 is 2.08 bits per heavy atom. The number of nitrogens with one attached hydrogen (secondary N) is 3. The Kier molecular flexibility index (Phi) is 6.39. The van der Waals surface area contributed by atoms with Crippen molar-refractivity contribution in [2.45, 2.75) is 33.1 Å². The van der Waals surface area contributed by atoms with Crippen LogP contribution in [0.5, 0.6) is 0 Å². The topological polar surface area (TPSA) is 90.1 Å². The number of aromatic amines is 1. The molecule has 1 fully saturated rings. The number of hydrogen-bond donors (Lipinski definition) is 3. The number of nitrogens with zero attached hydrogens (tertiary/aromatic N) is 2. The highest BCUT2D eigenvalue weighted by molar-refractivity contribution is 7.18. The zero-order valence-corrected chi connectivity index (χ0v) is 16.3. The number of piperazine rings is 1. The monoisotopic (exact) mass is 377 g/mol.